The minimum atomic E-state index is -2.98. The van der Waals surface area contributed by atoms with Crippen molar-refractivity contribution in [2.45, 2.75) is 18.6 Å². The number of carbonyl (C=O) groups is 3. The molecule has 1 N–H and O–H groups in total. The first-order valence-corrected chi connectivity index (χ1v) is 10.5. The minimum absolute atomic E-state index is 0.00248. The van der Waals surface area contributed by atoms with E-state index in [4.69, 9.17) is 4.74 Å². The van der Waals surface area contributed by atoms with Gasteiger partial charge in [0, 0.05) is 10.8 Å². The number of nitrogens with one attached hydrogen (secondary N) is 1. The summed E-state index contributed by atoms with van der Waals surface area (Å²) in [6.07, 6.45) is 0.530. The van der Waals surface area contributed by atoms with E-state index in [9.17, 15) is 22.8 Å². The summed E-state index contributed by atoms with van der Waals surface area (Å²) in [4.78, 5) is 35.0. The van der Waals surface area contributed by atoms with Gasteiger partial charge in [0.1, 0.15) is 0 Å². The molecular weight excluding hydrogens is 366 g/mol. The van der Waals surface area contributed by atoms with Crippen LogP contribution in [0, 0.1) is 0 Å². The Morgan fingerprint density at radius 1 is 1.28 bits per heavy atom. The highest BCUT2D eigenvalue weighted by Crippen LogP contribution is 2.24. The van der Waals surface area contributed by atoms with Gasteiger partial charge in [0.2, 0.25) is 0 Å². The predicted octanol–water partition coefficient (Wildman–Crippen LogP) is 1.29. The summed E-state index contributed by atoms with van der Waals surface area (Å²) in [5.74, 6) is -1.08. The Labute approximate surface area is 150 Å². The Balaban J connectivity index is 1.75. The van der Waals surface area contributed by atoms with E-state index in [1.54, 1.807) is 24.3 Å². The highest BCUT2D eigenvalue weighted by atomic mass is 32.2. The van der Waals surface area contributed by atoms with E-state index in [-0.39, 0.29) is 28.3 Å². The van der Waals surface area contributed by atoms with Gasteiger partial charge in [-0.25, -0.2) is 8.42 Å². The van der Waals surface area contributed by atoms with Crippen molar-refractivity contribution in [3.05, 3.63) is 29.8 Å². The fourth-order valence-corrected chi connectivity index (χ4v) is 5.79. The van der Waals surface area contributed by atoms with Crippen molar-refractivity contribution in [3.63, 3.8) is 0 Å². The summed E-state index contributed by atoms with van der Waals surface area (Å²) in [6.45, 7) is 0.931. The first kappa shape index (κ1) is 19.5. The van der Waals surface area contributed by atoms with E-state index in [2.05, 4.69) is 5.32 Å². The van der Waals surface area contributed by atoms with Crippen LogP contribution in [-0.2, 0) is 24.2 Å². The van der Waals surface area contributed by atoms with Crippen LogP contribution in [0.5, 0.6) is 0 Å². The fraction of sp³-hybridized carbons (Fsp3) is 0.438. The topological polar surface area (TPSA) is 107 Å². The van der Waals surface area contributed by atoms with Gasteiger partial charge < -0.3 is 10.1 Å². The van der Waals surface area contributed by atoms with Crippen LogP contribution in [-0.4, -0.2) is 55.2 Å². The number of esters is 1. The molecule has 0 aromatic heterocycles. The minimum Gasteiger partial charge on any atom is -0.455 e. The molecule has 1 aromatic carbocycles. The molecule has 0 radical (unpaired) electrons. The van der Waals surface area contributed by atoms with Gasteiger partial charge in [0.15, 0.2) is 22.2 Å². The lowest BCUT2D eigenvalue weighted by molar-refractivity contribution is -0.144. The van der Waals surface area contributed by atoms with Gasteiger partial charge in [-0.3, -0.25) is 14.4 Å². The molecule has 0 spiro atoms. The summed E-state index contributed by atoms with van der Waals surface area (Å²) in [7, 11) is -2.98. The Morgan fingerprint density at radius 3 is 2.64 bits per heavy atom. The number of amides is 1. The number of carbonyl (C=O) groups excluding carboxylic acids is 3. The first-order valence-electron chi connectivity index (χ1n) is 7.64. The molecule has 2 rings (SSSR count). The highest BCUT2D eigenvalue weighted by Gasteiger charge is 2.28. The standard InChI is InChI=1S/C16H19NO6S2/c1-11(18)13-4-2-3-5-14(13)17-15(19)8-23-16(20)9-24-12-6-7-25(21,22)10-12/h2-5,12H,6-10H2,1H3,(H,17,19)/t12-/m0/s1. The Bertz CT molecular complexity index is 775. The molecule has 1 aliphatic heterocycles. The number of rotatable bonds is 7. The molecule has 1 amide bonds. The summed E-state index contributed by atoms with van der Waals surface area (Å²) in [6, 6.07) is 6.55. The van der Waals surface area contributed by atoms with Gasteiger partial charge >= 0.3 is 5.97 Å². The molecule has 1 fully saturated rings. The molecular formula is C16H19NO6S2. The average molecular weight is 385 g/mol. The van der Waals surface area contributed by atoms with Crippen molar-refractivity contribution in [1.82, 2.24) is 0 Å². The molecule has 0 bridgehead atoms. The molecule has 7 nitrogen and oxygen atoms in total. The van der Waals surface area contributed by atoms with Crippen LogP contribution in [0.3, 0.4) is 0 Å². The molecule has 136 valence electrons. The molecule has 0 unspecified atom stereocenters. The number of sulfone groups is 1. The summed E-state index contributed by atoms with van der Waals surface area (Å²) in [5.41, 5.74) is 0.738. The Kier molecular flexibility index (Phi) is 6.60. The average Bonchev–Trinajstić information content (AvgIpc) is 2.90. The Morgan fingerprint density at radius 2 is 2.00 bits per heavy atom. The number of benzene rings is 1. The zero-order valence-corrected chi connectivity index (χ0v) is 15.3. The van der Waals surface area contributed by atoms with Gasteiger partial charge in [-0.05, 0) is 25.5 Å². The van der Waals surface area contributed by atoms with E-state index in [1.165, 1.54) is 18.7 Å². The summed E-state index contributed by atoms with van der Waals surface area (Å²) >= 11 is 1.23. The number of ketones is 1. The van der Waals surface area contributed by atoms with Gasteiger partial charge in [-0.1, -0.05) is 12.1 Å². The van der Waals surface area contributed by atoms with E-state index >= 15 is 0 Å². The van der Waals surface area contributed by atoms with E-state index < -0.39 is 28.3 Å². The van der Waals surface area contributed by atoms with Gasteiger partial charge in [-0.15, -0.1) is 11.8 Å². The van der Waals surface area contributed by atoms with Gasteiger partial charge in [0.05, 0.1) is 22.9 Å². The third-order valence-electron chi connectivity index (χ3n) is 3.57. The van der Waals surface area contributed by atoms with E-state index in [1.807, 2.05) is 0 Å². The van der Waals surface area contributed by atoms with Crippen LogP contribution >= 0.6 is 11.8 Å². The molecule has 1 saturated heterocycles. The Hall–Kier alpha value is -1.87. The van der Waals surface area contributed by atoms with Crippen molar-refractivity contribution in [1.29, 1.82) is 0 Å². The van der Waals surface area contributed by atoms with Crippen molar-refractivity contribution in [3.8, 4) is 0 Å². The monoisotopic (exact) mass is 385 g/mol. The first-order chi connectivity index (χ1) is 11.8. The molecule has 1 heterocycles. The van der Waals surface area contributed by atoms with Gasteiger partial charge in [0.25, 0.3) is 5.91 Å². The maximum Gasteiger partial charge on any atom is 0.316 e. The largest absolute Gasteiger partial charge is 0.455 e. The number of hydrogen-bond donors (Lipinski definition) is 1. The molecule has 9 heteroatoms. The fourth-order valence-electron chi connectivity index (χ4n) is 2.35. The second kappa shape index (κ2) is 8.48. The van der Waals surface area contributed by atoms with E-state index in [0.29, 0.717) is 17.7 Å². The molecule has 1 atom stereocenters. The molecule has 1 aromatic rings. The lowest BCUT2D eigenvalue weighted by Crippen LogP contribution is -2.23. The van der Waals surface area contributed by atoms with Crippen LogP contribution in [0.1, 0.15) is 23.7 Å². The predicted molar refractivity (Wildman–Crippen MR) is 95.6 cm³/mol. The zero-order valence-electron chi connectivity index (χ0n) is 13.7. The van der Waals surface area contributed by atoms with Crippen LogP contribution in [0.2, 0.25) is 0 Å². The second-order valence-corrected chi connectivity index (χ2v) is 9.16. The maximum atomic E-state index is 11.9. The van der Waals surface area contributed by atoms with Gasteiger partial charge in [-0.2, -0.15) is 0 Å². The van der Waals surface area contributed by atoms with Crippen LogP contribution < -0.4 is 5.32 Å². The lowest BCUT2D eigenvalue weighted by Gasteiger charge is -2.10. The molecule has 25 heavy (non-hydrogen) atoms. The maximum absolute atomic E-state index is 11.9. The second-order valence-electron chi connectivity index (χ2n) is 5.65. The molecule has 1 aliphatic rings. The normalized spacial score (nSPS) is 18.5. The van der Waals surface area contributed by atoms with Crippen LogP contribution in [0.15, 0.2) is 24.3 Å². The SMILES string of the molecule is CC(=O)c1ccccc1NC(=O)COC(=O)CS[C@H]1CCS(=O)(=O)C1. The smallest absolute Gasteiger partial charge is 0.316 e. The number of ether oxygens (including phenoxy) is 1. The molecule has 0 aliphatic carbocycles. The number of thioether (sulfide) groups is 1. The molecule has 0 saturated carbocycles. The van der Waals surface area contributed by atoms with Crippen LogP contribution in [0.4, 0.5) is 5.69 Å². The summed E-state index contributed by atoms with van der Waals surface area (Å²) in [5, 5.41) is 2.43. The van der Waals surface area contributed by atoms with Crippen molar-refractivity contribution in [2.75, 3.05) is 29.2 Å². The number of anilines is 1. The number of para-hydroxylation sites is 1. The quantitative estimate of drug-likeness (QED) is 0.557. The van der Waals surface area contributed by atoms with E-state index in [0.717, 1.165) is 0 Å². The van der Waals surface area contributed by atoms with Crippen LogP contribution in [0.25, 0.3) is 0 Å². The number of Topliss-reactive ketones (excluding diaryl/α,β-unsaturated/α-hetero) is 1. The van der Waals surface area contributed by atoms with Crippen molar-refractivity contribution >= 4 is 44.9 Å². The third kappa shape index (κ3) is 6.17. The summed E-state index contributed by atoms with van der Waals surface area (Å²) < 4.78 is 27.6. The third-order valence-corrected chi connectivity index (χ3v) is 6.83. The lowest BCUT2D eigenvalue weighted by atomic mass is 10.1. The number of hydrogen-bond acceptors (Lipinski definition) is 7. The highest BCUT2D eigenvalue weighted by molar-refractivity contribution is 8.02. The zero-order chi connectivity index (χ0) is 18.4. The van der Waals surface area contributed by atoms with Crippen molar-refractivity contribution < 1.29 is 27.5 Å². The van der Waals surface area contributed by atoms with Crippen molar-refractivity contribution in [2.24, 2.45) is 0 Å².